The fourth-order valence-corrected chi connectivity index (χ4v) is 2.13. The fourth-order valence-electron chi connectivity index (χ4n) is 2.13. The zero-order valence-corrected chi connectivity index (χ0v) is 10.2. The van der Waals surface area contributed by atoms with Gasteiger partial charge in [0.15, 0.2) is 0 Å². The number of nitro benzene ring substituents is 1. The van der Waals surface area contributed by atoms with Gasteiger partial charge in [0.1, 0.15) is 0 Å². The quantitative estimate of drug-likeness (QED) is 0.572. The Balaban J connectivity index is 1.86. The SMILES string of the molecule is O=[N+]([O-])c1ccc(CNC(CCO)C2CC2)cc1. The van der Waals surface area contributed by atoms with Gasteiger partial charge in [0.05, 0.1) is 4.92 Å². The van der Waals surface area contributed by atoms with Crippen LogP contribution in [-0.4, -0.2) is 22.7 Å². The second-order valence-electron chi connectivity index (χ2n) is 4.76. The Bertz CT molecular complexity index is 401. The molecule has 0 aliphatic heterocycles. The van der Waals surface area contributed by atoms with E-state index in [0.717, 1.165) is 12.0 Å². The van der Waals surface area contributed by atoms with Gasteiger partial charge >= 0.3 is 0 Å². The monoisotopic (exact) mass is 250 g/mol. The summed E-state index contributed by atoms with van der Waals surface area (Å²) in [5.41, 5.74) is 1.15. The van der Waals surface area contributed by atoms with E-state index in [1.165, 1.54) is 25.0 Å². The molecule has 0 radical (unpaired) electrons. The maximum atomic E-state index is 10.5. The largest absolute Gasteiger partial charge is 0.396 e. The molecule has 98 valence electrons. The number of nitrogens with one attached hydrogen (secondary N) is 1. The predicted octanol–water partition coefficient (Wildman–Crippen LogP) is 1.85. The summed E-state index contributed by atoms with van der Waals surface area (Å²) in [4.78, 5) is 10.1. The Kier molecular flexibility index (Phi) is 4.28. The zero-order valence-electron chi connectivity index (χ0n) is 10.2. The Hall–Kier alpha value is -1.46. The van der Waals surface area contributed by atoms with E-state index in [4.69, 9.17) is 5.11 Å². The molecule has 1 saturated carbocycles. The first-order valence-electron chi connectivity index (χ1n) is 6.28. The molecule has 5 heteroatoms. The lowest BCUT2D eigenvalue weighted by atomic mass is 10.1. The normalized spacial score (nSPS) is 16.5. The standard InChI is InChI=1S/C13H18N2O3/c16-8-7-13(11-3-4-11)14-9-10-1-5-12(6-2-10)15(17)18/h1-2,5-6,11,13-14,16H,3-4,7-9H2. The van der Waals surface area contributed by atoms with Crippen LogP contribution in [-0.2, 0) is 6.54 Å². The first-order chi connectivity index (χ1) is 8.70. The van der Waals surface area contributed by atoms with Gasteiger partial charge in [-0.1, -0.05) is 12.1 Å². The second-order valence-corrected chi connectivity index (χ2v) is 4.76. The molecule has 1 unspecified atom stereocenters. The summed E-state index contributed by atoms with van der Waals surface area (Å²) in [6.07, 6.45) is 3.24. The Labute approximate surface area is 106 Å². The van der Waals surface area contributed by atoms with Gasteiger partial charge in [-0.2, -0.15) is 0 Å². The molecule has 0 heterocycles. The van der Waals surface area contributed by atoms with Crippen molar-refractivity contribution in [2.45, 2.75) is 31.8 Å². The maximum absolute atomic E-state index is 10.5. The molecule has 1 fully saturated rings. The van der Waals surface area contributed by atoms with Gasteiger partial charge in [-0.25, -0.2) is 0 Å². The predicted molar refractivity (Wildman–Crippen MR) is 68.2 cm³/mol. The fraction of sp³-hybridized carbons (Fsp3) is 0.538. The minimum atomic E-state index is -0.393. The van der Waals surface area contributed by atoms with Gasteiger partial charge in [-0.05, 0) is 30.7 Å². The number of nitro groups is 1. The Morgan fingerprint density at radius 3 is 2.56 bits per heavy atom. The van der Waals surface area contributed by atoms with E-state index in [-0.39, 0.29) is 12.3 Å². The molecule has 0 spiro atoms. The average molecular weight is 250 g/mol. The molecule has 1 aromatic carbocycles. The van der Waals surface area contributed by atoms with Crippen LogP contribution < -0.4 is 5.32 Å². The minimum Gasteiger partial charge on any atom is -0.396 e. The minimum absolute atomic E-state index is 0.118. The van der Waals surface area contributed by atoms with Crippen LogP contribution in [0.25, 0.3) is 0 Å². The van der Waals surface area contributed by atoms with E-state index in [0.29, 0.717) is 18.5 Å². The summed E-state index contributed by atoms with van der Waals surface area (Å²) in [6, 6.07) is 6.96. The van der Waals surface area contributed by atoms with E-state index in [2.05, 4.69) is 5.32 Å². The number of aliphatic hydroxyl groups excluding tert-OH is 1. The molecule has 0 bridgehead atoms. The van der Waals surface area contributed by atoms with Crippen molar-refractivity contribution in [3.8, 4) is 0 Å². The molecule has 1 aromatic rings. The summed E-state index contributed by atoms with van der Waals surface area (Å²) < 4.78 is 0. The topological polar surface area (TPSA) is 75.4 Å². The van der Waals surface area contributed by atoms with Crippen molar-refractivity contribution in [2.75, 3.05) is 6.61 Å². The van der Waals surface area contributed by atoms with Crippen LogP contribution in [0, 0.1) is 16.0 Å². The van der Waals surface area contributed by atoms with Gasteiger partial charge in [0.2, 0.25) is 0 Å². The number of hydrogen-bond donors (Lipinski definition) is 2. The van der Waals surface area contributed by atoms with Crippen molar-refractivity contribution < 1.29 is 10.0 Å². The van der Waals surface area contributed by atoms with Crippen LogP contribution >= 0.6 is 0 Å². The number of hydrogen-bond acceptors (Lipinski definition) is 4. The zero-order chi connectivity index (χ0) is 13.0. The maximum Gasteiger partial charge on any atom is 0.269 e. The number of nitrogens with zero attached hydrogens (tertiary/aromatic N) is 1. The Morgan fingerprint density at radius 1 is 1.39 bits per heavy atom. The van der Waals surface area contributed by atoms with Gasteiger partial charge in [-0.3, -0.25) is 10.1 Å². The molecule has 0 aromatic heterocycles. The highest BCUT2D eigenvalue weighted by atomic mass is 16.6. The van der Waals surface area contributed by atoms with E-state index >= 15 is 0 Å². The molecule has 0 amide bonds. The van der Waals surface area contributed by atoms with Crippen molar-refractivity contribution in [1.29, 1.82) is 0 Å². The first kappa shape index (κ1) is 13.0. The number of aliphatic hydroxyl groups is 1. The Morgan fingerprint density at radius 2 is 2.06 bits per heavy atom. The molecular weight excluding hydrogens is 232 g/mol. The van der Waals surface area contributed by atoms with Crippen LogP contribution in [0.1, 0.15) is 24.8 Å². The summed E-state index contributed by atoms with van der Waals surface area (Å²) >= 11 is 0. The van der Waals surface area contributed by atoms with Gasteiger partial charge < -0.3 is 10.4 Å². The molecule has 1 aliphatic rings. The highest BCUT2D eigenvalue weighted by Gasteiger charge is 2.30. The van der Waals surface area contributed by atoms with E-state index < -0.39 is 4.92 Å². The molecule has 0 saturated heterocycles. The number of rotatable bonds is 7. The lowest BCUT2D eigenvalue weighted by Crippen LogP contribution is -2.31. The smallest absolute Gasteiger partial charge is 0.269 e. The van der Waals surface area contributed by atoms with Crippen LogP contribution in [0.15, 0.2) is 24.3 Å². The van der Waals surface area contributed by atoms with Crippen LogP contribution in [0.4, 0.5) is 5.69 Å². The van der Waals surface area contributed by atoms with Gasteiger partial charge in [0.25, 0.3) is 5.69 Å². The summed E-state index contributed by atoms with van der Waals surface area (Å²) in [7, 11) is 0. The highest BCUT2D eigenvalue weighted by molar-refractivity contribution is 5.32. The highest BCUT2D eigenvalue weighted by Crippen LogP contribution is 2.34. The van der Waals surface area contributed by atoms with E-state index in [1.807, 2.05) is 0 Å². The molecule has 2 N–H and O–H groups in total. The molecular formula is C13H18N2O3. The van der Waals surface area contributed by atoms with Crippen molar-refractivity contribution >= 4 is 5.69 Å². The number of non-ortho nitro benzene ring substituents is 1. The van der Waals surface area contributed by atoms with Crippen LogP contribution in [0.5, 0.6) is 0 Å². The second kappa shape index (κ2) is 5.93. The molecule has 2 rings (SSSR count). The molecule has 1 atom stereocenters. The summed E-state index contributed by atoms with van der Waals surface area (Å²) in [6.45, 7) is 0.896. The third kappa shape index (κ3) is 3.51. The van der Waals surface area contributed by atoms with E-state index in [9.17, 15) is 10.1 Å². The van der Waals surface area contributed by atoms with Crippen molar-refractivity contribution in [2.24, 2.45) is 5.92 Å². The first-order valence-corrected chi connectivity index (χ1v) is 6.28. The van der Waals surface area contributed by atoms with Crippen molar-refractivity contribution in [1.82, 2.24) is 5.32 Å². The summed E-state index contributed by atoms with van der Waals surface area (Å²) in [5, 5.41) is 22.9. The molecule has 18 heavy (non-hydrogen) atoms. The van der Waals surface area contributed by atoms with E-state index in [1.54, 1.807) is 12.1 Å². The van der Waals surface area contributed by atoms with Crippen molar-refractivity contribution in [3.05, 3.63) is 39.9 Å². The van der Waals surface area contributed by atoms with Crippen LogP contribution in [0.2, 0.25) is 0 Å². The van der Waals surface area contributed by atoms with Crippen LogP contribution in [0.3, 0.4) is 0 Å². The number of benzene rings is 1. The molecule has 1 aliphatic carbocycles. The van der Waals surface area contributed by atoms with Gasteiger partial charge in [-0.15, -0.1) is 0 Å². The molecule has 5 nitrogen and oxygen atoms in total. The average Bonchev–Trinajstić information content (AvgIpc) is 3.19. The third-order valence-electron chi connectivity index (χ3n) is 3.35. The lowest BCUT2D eigenvalue weighted by Gasteiger charge is -2.17. The third-order valence-corrected chi connectivity index (χ3v) is 3.35. The van der Waals surface area contributed by atoms with Crippen molar-refractivity contribution in [3.63, 3.8) is 0 Å². The summed E-state index contributed by atoms with van der Waals surface area (Å²) in [5.74, 6) is 0.690. The van der Waals surface area contributed by atoms with Gasteiger partial charge in [0, 0.05) is 31.3 Å². The lowest BCUT2D eigenvalue weighted by molar-refractivity contribution is -0.384.